The minimum absolute atomic E-state index is 0.287. The lowest BCUT2D eigenvalue weighted by Crippen LogP contribution is -2.27. The number of nitrogens with one attached hydrogen (secondary N) is 1. The standard InChI is InChI=1S/C22H20N6O4S/c1-27(33(2,30)31)19-15(4-3-8-23-19)12-28-9-7-14-11-24-22(26-20(14)28)25-17-6-5-16-13-32-21(29)18(16)10-17/h3-11H,12-13H2,1-2H3,(H,24,25,26). The number of cyclic esters (lactones) is 1. The zero-order valence-corrected chi connectivity index (χ0v) is 18.7. The minimum Gasteiger partial charge on any atom is -0.457 e. The van der Waals surface area contributed by atoms with E-state index in [1.54, 1.807) is 24.5 Å². The van der Waals surface area contributed by atoms with Gasteiger partial charge < -0.3 is 14.6 Å². The van der Waals surface area contributed by atoms with E-state index in [9.17, 15) is 13.2 Å². The van der Waals surface area contributed by atoms with Gasteiger partial charge in [-0.15, -0.1) is 0 Å². The summed E-state index contributed by atoms with van der Waals surface area (Å²) >= 11 is 0. The number of sulfonamides is 1. The topological polar surface area (TPSA) is 119 Å². The first kappa shape index (κ1) is 20.9. The molecular weight excluding hydrogens is 444 g/mol. The number of rotatable bonds is 6. The normalized spacial score (nSPS) is 13.1. The molecule has 0 bridgehead atoms. The van der Waals surface area contributed by atoms with Crippen LogP contribution in [0, 0.1) is 0 Å². The fourth-order valence-electron chi connectivity index (χ4n) is 3.66. The predicted octanol–water partition coefficient (Wildman–Crippen LogP) is 2.68. The van der Waals surface area contributed by atoms with Gasteiger partial charge in [0.2, 0.25) is 16.0 Å². The molecule has 0 radical (unpaired) electrons. The van der Waals surface area contributed by atoms with Crippen LogP contribution in [0.4, 0.5) is 17.5 Å². The van der Waals surface area contributed by atoms with Gasteiger partial charge in [0.05, 0.1) is 18.4 Å². The molecule has 0 saturated carbocycles. The van der Waals surface area contributed by atoms with Crippen molar-refractivity contribution in [2.24, 2.45) is 0 Å². The zero-order chi connectivity index (χ0) is 23.2. The van der Waals surface area contributed by atoms with Gasteiger partial charge in [-0.3, -0.25) is 4.31 Å². The summed E-state index contributed by atoms with van der Waals surface area (Å²) in [4.78, 5) is 25.1. The van der Waals surface area contributed by atoms with E-state index < -0.39 is 10.0 Å². The summed E-state index contributed by atoms with van der Waals surface area (Å²) in [6.45, 7) is 0.656. The molecule has 4 heterocycles. The van der Waals surface area contributed by atoms with Crippen molar-refractivity contribution in [3.05, 3.63) is 71.7 Å². The van der Waals surface area contributed by atoms with E-state index in [4.69, 9.17) is 4.74 Å². The lowest BCUT2D eigenvalue weighted by molar-refractivity contribution is 0.0535. The third-order valence-corrected chi connectivity index (χ3v) is 6.62. The van der Waals surface area contributed by atoms with Gasteiger partial charge in [-0.05, 0) is 24.3 Å². The molecule has 168 valence electrons. The number of fused-ring (bicyclic) bond motifs is 2. The number of anilines is 3. The van der Waals surface area contributed by atoms with Crippen LogP contribution < -0.4 is 9.62 Å². The van der Waals surface area contributed by atoms with E-state index in [0.717, 1.165) is 27.1 Å². The number of pyridine rings is 1. The van der Waals surface area contributed by atoms with Gasteiger partial charge in [-0.25, -0.2) is 23.2 Å². The van der Waals surface area contributed by atoms with Crippen molar-refractivity contribution in [3.63, 3.8) is 0 Å². The molecule has 0 aliphatic carbocycles. The highest BCUT2D eigenvalue weighted by Gasteiger charge is 2.21. The molecule has 4 aromatic rings. The average Bonchev–Trinajstić information content (AvgIpc) is 3.36. The summed E-state index contributed by atoms with van der Waals surface area (Å²) in [6.07, 6.45) is 6.27. The molecule has 0 atom stereocenters. The van der Waals surface area contributed by atoms with Gasteiger partial charge in [0.15, 0.2) is 0 Å². The lowest BCUT2D eigenvalue weighted by Gasteiger charge is -2.19. The number of carbonyl (C=O) groups excluding carboxylic acids is 1. The minimum atomic E-state index is -3.46. The Kier molecular flexibility index (Phi) is 4.97. The number of aromatic nitrogens is 4. The summed E-state index contributed by atoms with van der Waals surface area (Å²) in [5.74, 6) is 0.387. The van der Waals surface area contributed by atoms with Crippen LogP contribution >= 0.6 is 0 Å². The van der Waals surface area contributed by atoms with Crippen LogP contribution in [0.5, 0.6) is 0 Å². The van der Waals surface area contributed by atoms with Crippen LogP contribution in [0.2, 0.25) is 0 Å². The molecule has 0 saturated heterocycles. The van der Waals surface area contributed by atoms with Crippen LogP contribution in [0.25, 0.3) is 11.0 Å². The first-order chi connectivity index (χ1) is 15.8. The maximum Gasteiger partial charge on any atom is 0.338 e. The second-order valence-corrected chi connectivity index (χ2v) is 9.72. The van der Waals surface area contributed by atoms with Crippen LogP contribution in [-0.2, 0) is 27.9 Å². The van der Waals surface area contributed by atoms with Gasteiger partial charge in [0.1, 0.15) is 18.1 Å². The molecule has 0 spiro atoms. The molecule has 5 rings (SSSR count). The molecule has 0 fully saturated rings. The second-order valence-electron chi connectivity index (χ2n) is 7.71. The van der Waals surface area contributed by atoms with Gasteiger partial charge in [0.25, 0.3) is 0 Å². The van der Waals surface area contributed by atoms with Gasteiger partial charge in [-0.2, -0.15) is 4.98 Å². The first-order valence-electron chi connectivity index (χ1n) is 10.1. The third kappa shape index (κ3) is 3.98. The fourth-order valence-corrected chi connectivity index (χ4v) is 4.14. The zero-order valence-electron chi connectivity index (χ0n) is 17.9. The summed E-state index contributed by atoms with van der Waals surface area (Å²) < 4.78 is 32.2. The Morgan fingerprint density at radius 2 is 2.06 bits per heavy atom. The molecule has 0 unspecified atom stereocenters. The SMILES string of the molecule is CN(c1ncccc1Cn1ccc2cnc(Nc3ccc4c(c3)C(=O)OC4)nc21)S(C)(=O)=O. The Labute approximate surface area is 189 Å². The summed E-state index contributed by atoms with van der Waals surface area (Å²) in [6, 6.07) is 10.9. The van der Waals surface area contributed by atoms with Crippen molar-refractivity contribution in [3.8, 4) is 0 Å². The quantitative estimate of drug-likeness (QED) is 0.433. The fraction of sp³-hybridized carbons (Fsp3) is 0.182. The highest BCUT2D eigenvalue weighted by atomic mass is 32.2. The smallest absolute Gasteiger partial charge is 0.338 e. The molecule has 0 amide bonds. The number of benzene rings is 1. The van der Waals surface area contributed by atoms with E-state index in [1.807, 2.05) is 35.0 Å². The van der Waals surface area contributed by atoms with Gasteiger partial charge in [0, 0.05) is 47.8 Å². The van der Waals surface area contributed by atoms with E-state index in [2.05, 4.69) is 20.3 Å². The molecule has 33 heavy (non-hydrogen) atoms. The molecule has 1 aliphatic heterocycles. The number of ether oxygens (including phenoxy) is 1. The molecule has 3 aromatic heterocycles. The van der Waals surface area contributed by atoms with E-state index in [0.29, 0.717) is 35.2 Å². The monoisotopic (exact) mass is 464 g/mol. The highest BCUT2D eigenvalue weighted by Crippen LogP contribution is 2.26. The van der Waals surface area contributed by atoms with Crippen molar-refractivity contribution in [2.75, 3.05) is 22.9 Å². The van der Waals surface area contributed by atoms with Crippen LogP contribution in [-0.4, -0.2) is 47.2 Å². The van der Waals surface area contributed by atoms with E-state index in [1.165, 1.54) is 7.05 Å². The van der Waals surface area contributed by atoms with Crippen molar-refractivity contribution in [2.45, 2.75) is 13.2 Å². The first-order valence-corrected chi connectivity index (χ1v) is 11.9. The number of hydrogen-bond acceptors (Lipinski definition) is 8. The molecule has 1 N–H and O–H groups in total. The maximum atomic E-state index is 12.0. The van der Waals surface area contributed by atoms with Crippen molar-refractivity contribution in [1.82, 2.24) is 19.5 Å². The largest absolute Gasteiger partial charge is 0.457 e. The number of carbonyl (C=O) groups is 1. The van der Waals surface area contributed by atoms with E-state index in [-0.39, 0.29) is 12.6 Å². The summed E-state index contributed by atoms with van der Waals surface area (Å²) in [7, 11) is -1.98. The number of nitrogens with zero attached hydrogens (tertiary/aromatic N) is 5. The van der Waals surface area contributed by atoms with Crippen LogP contribution in [0.15, 0.2) is 55.0 Å². The molecular formula is C22H20N6O4S. The van der Waals surface area contributed by atoms with Gasteiger partial charge >= 0.3 is 5.97 Å². The summed E-state index contributed by atoms with van der Waals surface area (Å²) in [5, 5.41) is 3.97. The molecule has 11 heteroatoms. The Bertz CT molecular complexity index is 1500. The van der Waals surface area contributed by atoms with Gasteiger partial charge in [-0.1, -0.05) is 12.1 Å². The second kappa shape index (κ2) is 7.85. The van der Waals surface area contributed by atoms with E-state index >= 15 is 0 Å². The number of hydrogen-bond donors (Lipinski definition) is 1. The Morgan fingerprint density at radius 3 is 2.88 bits per heavy atom. The Balaban J connectivity index is 1.46. The third-order valence-electron chi connectivity index (χ3n) is 5.45. The van der Waals surface area contributed by atoms with Crippen LogP contribution in [0.1, 0.15) is 21.5 Å². The number of esters is 1. The van der Waals surface area contributed by atoms with Crippen molar-refractivity contribution < 1.29 is 17.9 Å². The van der Waals surface area contributed by atoms with Crippen molar-refractivity contribution >= 4 is 44.5 Å². The Morgan fingerprint density at radius 1 is 1.21 bits per heavy atom. The average molecular weight is 465 g/mol. The Hall–Kier alpha value is -3.99. The summed E-state index contributed by atoms with van der Waals surface area (Å²) in [5.41, 5.74) is 3.46. The molecule has 10 nitrogen and oxygen atoms in total. The van der Waals surface area contributed by atoms with Crippen LogP contribution in [0.3, 0.4) is 0 Å². The highest BCUT2D eigenvalue weighted by molar-refractivity contribution is 7.92. The predicted molar refractivity (Wildman–Crippen MR) is 123 cm³/mol. The lowest BCUT2D eigenvalue weighted by atomic mass is 10.1. The maximum absolute atomic E-state index is 12.0. The van der Waals surface area contributed by atoms with Crippen molar-refractivity contribution in [1.29, 1.82) is 0 Å². The molecule has 1 aliphatic rings. The molecule has 1 aromatic carbocycles.